The highest BCUT2D eigenvalue weighted by Crippen LogP contribution is 2.20. The number of ether oxygens (including phenoxy) is 1. The van der Waals surface area contributed by atoms with Gasteiger partial charge in [-0.05, 0) is 48.0 Å². The van der Waals surface area contributed by atoms with Gasteiger partial charge in [-0.2, -0.15) is 0 Å². The molecule has 0 fully saturated rings. The molecule has 0 aromatic heterocycles. The summed E-state index contributed by atoms with van der Waals surface area (Å²) in [6, 6.07) is 12.5. The third-order valence-corrected chi connectivity index (χ3v) is 3.25. The fourth-order valence-electron chi connectivity index (χ4n) is 2.15. The molecule has 1 heterocycles. The van der Waals surface area contributed by atoms with E-state index in [0.717, 1.165) is 5.56 Å². The topological polar surface area (TPSA) is 67.8 Å². The maximum absolute atomic E-state index is 12.9. The van der Waals surface area contributed by atoms with Gasteiger partial charge in [0.2, 0.25) is 11.8 Å². The number of aliphatic imine (C=N–C) groups is 1. The molecule has 24 heavy (non-hydrogen) atoms. The van der Waals surface area contributed by atoms with Gasteiger partial charge in [-0.15, -0.1) is 0 Å². The molecule has 0 bridgehead atoms. The van der Waals surface area contributed by atoms with Crippen molar-refractivity contribution in [3.63, 3.8) is 0 Å². The molecule has 6 heteroatoms. The van der Waals surface area contributed by atoms with Gasteiger partial charge in [0.1, 0.15) is 5.82 Å². The first kappa shape index (κ1) is 15.6. The van der Waals surface area contributed by atoms with E-state index in [4.69, 9.17) is 4.74 Å². The molecule has 120 valence electrons. The van der Waals surface area contributed by atoms with Gasteiger partial charge in [0.25, 0.3) is 0 Å². The predicted octanol–water partition coefficient (Wildman–Crippen LogP) is 3.13. The molecule has 0 spiro atoms. The highest BCUT2D eigenvalue weighted by atomic mass is 19.1. The van der Waals surface area contributed by atoms with E-state index in [1.54, 1.807) is 30.3 Å². The van der Waals surface area contributed by atoms with Crippen molar-refractivity contribution in [1.29, 1.82) is 0 Å². The maximum atomic E-state index is 12.9. The summed E-state index contributed by atoms with van der Waals surface area (Å²) in [6.07, 6.45) is 1.58. The van der Waals surface area contributed by atoms with Gasteiger partial charge in [-0.3, -0.25) is 4.79 Å². The van der Waals surface area contributed by atoms with Gasteiger partial charge in [0.15, 0.2) is 5.70 Å². The number of hydrogen-bond donors (Lipinski definition) is 1. The van der Waals surface area contributed by atoms with Gasteiger partial charge in [0, 0.05) is 18.2 Å². The van der Waals surface area contributed by atoms with Crippen LogP contribution >= 0.6 is 0 Å². The van der Waals surface area contributed by atoms with Crippen LogP contribution in [0.3, 0.4) is 0 Å². The summed E-state index contributed by atoms with van der Waals surface area (Å²) in [5, 5.41) is 2.66. The number of cyclic esters (lactones) is 1. The molecule has 0 aliphatic carbocycles. The normalized spacial score (nSPS) is 15.2. The van der Waals surface area contributed by atoms with Crippen LogP contribution in [-0.4, -0.2) is 17.8 Å². The van der Waals surface area contributed by atoms with Crippen LogP contribution in [0.5, 0.6) is 0 Å². The number of benzene rings is 2. The van der Waals surface area contributed by atoms with Crippen LogP contribution in [0.25, 0.3) is 6.08 Å². The monoisotopic (exact) mass is 324 g/mol. The van der Waals surface area contributed by atoms with Crippen molar-refractivity contribution in [1.82, 2.24) is 0 Å². The van der Waals surface area contributed by atoms with E-state index >= 15 is 0 Å². The zero-order valence-corrected chi connectivity index (χ0v) is 12.7. The second kappa shape index (κ2) is 6.45. The lowest BCUT2D eigenvalue weighted by Gasteiger charge is -2.01. The average Bonchev–Trinajstić information content (AvgIpc) is 2.90. The second-order valence-electron chi connectivity index (χ2n) is 5.15. The Labute approximate surface area is 137 Å². The van der Waals surface area contributed by atoms with E-state index in [1.807, 2.05) is 0 Å². The van der Waals surface area contributed by atoms with Crippen molar-refractivity contribution in [2.24, 2.45) is 4.99 Å². The molecule has 3 rings (SSSR count). The highest BCUT2D eigenvalue weighted by molar-refractivity contribution is 6.12. The molecule has 1 aliphatic rings. The molecule has 0 atom stereocenters. The van der Waals surface area contributed by atoms with Crippen molar-refractivity contribution in [3.05, 3.63) is 71.2 Å². The van der Waals surface area contributed by atoms with Crippen LogP contribution in [-0.2, 0) is 14.3 Å². The average molecular weight is 324 g/mol. The molecule has 0 saturated heterocycles. The zero-order valence-electron chi connectivity index (χ0n) is 12.7. The number of carbonyl (C=O) groups is 2. The Morgan fingerprint density at radius 3 is 2.42 bits per heavy atom. The molecule has 2 aromatic carbocycles. The summed E-state index contributed by atoms with van der Waals surface area (Å²) in [6.45, 7) is 1.43. The largest absolute Gasteiger partial charge is 0.402 e. The fraction of sp³-hybridized carbons (Fsp3) is 0.0556. The van der Waals surface area contributed by atoms with Gasteiger partial charge in [0.05, 0.1) is 0 Å². The molecular formula is C18H13FN2O3. The van der Waals surface area contributed by atoms with Crippen LogP contribution < -0.4 is 5.32 Å². The highest BCUT2D eigenvalue weighted by Gasteiger charge is 2.24. The number of nitrogens with zero attached hydrogens (tertiary/aromatic N) is 1. The number of rotatable bonds is 3. The Morgan fingerprint density at radius 1 is 1.12 bits per heavy atom. The minimum Gasteiger partial charge on any atom is -0.402 e. The quantitative estimate of drug-likeness (QED) is 0.697. The molecule has 2 aromatic rings. The number of anilines is 1. The lowest BCUT2D eigenvalue weighted by Crippen LogP contribution is -2.05. The molecule has 1 amide bonds. The first-order chi connectivity index (χ1) is 11.5. The third-order valence-electron chi connectivity index (χ3n) is 3.25. The van der Waals surface area contributed by atoms with Crippen molar-refractivity contribution in [2.75, 3.05) is 5.32 Å². The van der Waals surface area contributed by atoms with Gasteiger partial charge < -0.3 is 10.1 Å². The number of halogens is 1. The molecule has 0 saturated carbocycles. The van der Waals surface area contributed by atoms with Crippen LogP contribution in [0.15, 0.2) is 59.2 Å². The number of hydrogen-bond acceptors (Lipinski definition) is 4. The van der Waals surface area contributed by atoms with E-state index < -0.39 is 5.97 Å². The first-order valence-corrected chi connectivity index (χ1v) is 7.17. The van der Waals surface area contributed by atoms with Gasteiger partial charge in [-0.25, -0.2) is 14.2 Å². The Balaban J connectivity index is 1.83. The Morgan fingerprint density at radius 2 is 1.79 bits per heavy atom. The predicted molar refractivity (Wildman–Crippen MR) is 87.8 cm³/mol. The number of amides is 1. The summed E-state index contributed by atoms with van der Waals surface area (Å²) < 4.78 is 18.1. The lowest BCUT2D eigenvalue weighted by molar-refractivity contribution is -0.129. The summed E-state index contributed by atoms with van der Waals surface area (Å²) in [4.78, 5) is 27.0. The smallest absolute Gasteiger partial charge is 0.363 e. The minimum absolute atomic E-state index is 0.140. The van der Waals surface area contributed by atoms with E-state index in [1.165, 1.54) is 31.2 Å². The maximum Gasteiger partial charge on any atom is 0.363 e. The van der Waals surface area contributed by atoms with Gasteiger partial charge in [-0.1, -0.05) is 12.1 Å². The lowest BCUT2D eigenvalue weighted by atomic mass is 10.1. The number of nitrogens with one attached hydrogen (secondary N) is 1. The fourth-order valence-corrected chi connectivity index (χ4v) is 2.15. The number of carbonyl (C=O) groups excluding carboxylic acids is 2. The van der Waals surface area contributed by atoms with Crippen LogP contribution in [0.2, 0.25) is 0 Å². The van der Waals surface area contributed by atoms with E-state index in [-0.39, 0.29) is 23.3 Å². The number of esters is 1. The summed E-state index contributed by atoms with van der Waals surface area (Å²) in [7, 11) is 0. The summed E-state index contributed by atoms with van der Waals surface area (Å²) in [5.74, 6) is -0.964. The zero-order chi connectivity index (χ0) is 17.1. The van der Waals surface area contributed by atoms with Crippen molar-refractivity contribution >= 4 is 29.5 Å². The molecule has 1 aliphatic heterocycles. The first-order valence-electron chi connectivity index (χ1n) is 7.17. The van der Waals surface area contributed by atoms with Crippen molar-refractivity contribution < 1.29 is 18.7 Å². The molecular weight excluding hydrogens is 311 g/mol. The summed E-state index contributed by atoms with van der Waals surface area (Å²) in [5.41, 5.74) is 2.07. The Bertz CT molecular complexity index is 853. The Hall–Kier alpha value is -3.28. The second-order valence-corrected chi connectivity index (χ2v) is 5.15. The van der Waals surface area contributed by atoms with Gasteiger partial charge >= 0.3 is 5.97 Å². The third kappa shape index (κ3) is 3.55. The van der Waals surface area contributed by atoms with E-state index in [9.17, 15) is 14.0 Å². The molecule has 5 nitrogen and oxygen atoms in total. The van der Waals surface area contributed by atoms with E-state index in [2.05, 4.69) is 10.3 Å². The van der Waals surface area contributed by atoms with Crippen molar-refractivity contribution in [3.8, 4) is 0 Å². The van der Waals surface area contributed by atoms with Crippen LogP contribution in [0.4, 0.5) is 10.1 Å². The summed E-state index contributed by atoms with van der Waals surface area (Å²) >= 11 is 0. The molecule has 0 unspecified atom stereocenters. The minimum atomic E-state index is -0.569. The molecule has 1 N–H and O–H groups in total. The standard InChI is InChI=1S/C18H13FN2O3/c1-11(22)20-15-8-2-12(3-9-15)10-16-18(23)24-17(21-16)13-4-6-14(19)7-5-13/h2-10H,1H3,(H,20,22)/b16-10+. The SMILES string of the molecule is CC(=O)Nc1ccc(/C=C2/N=C(c3ccc(F)cc3)OC2=O)cc1. The van der Waals surface area contributed by atoms with Crippen LogP contribution in [0, 0.1) is 5.82 Å². The Kier molecular flexibility index (Phi) is 4.20. The molecule has 0 radical (unpaired) electrons. The van der Waals surface area contributed by atoms with E-state index in [0.29, 0.717) is 11.3 Å². The van der Waals surface area contributed by atoms with Crippen LogP contribution in [0.1, 0.15) is 18.1 Å². The van der Waals surface area contributed by atoms with Crippen molar-refractivity contribution in [2.45, 2.75) is 6.92 Å².